The number of amides is 1. The number of methoxy groups -OCH3 is 1. The fraction of sp³-hybridized carbons (Fsp3) is 0.227. The van der Waals surface area contributed by atoms with Crippen molar-refractivity contribution >= 4 is 11.9 Å². The zero-order chi connectivity index (χ0) is 21.0. The van der Waals surface area contributed by atoms with Crippen LogP contribution in [-0.2, 0) is 9.53 Å². The molecule has 3 aromatic rings. The fourth-order valence-corrected chi connectivity index (χ4v) is 2.91. The minimum absolute atomic E-state index is 0.247. The van der Waals surface area contributed by atoms with E-state index in [1.54, 1.807) is 45.1 Å². The predicted molar refractivity (Wildman–Crippen MR) is 109 cm³/mol. The van der Waals surface area contributed by atoms with Gasteiger partial charge in [0.25, 0.3) is 5.91 Å². The summed E-state index contributed by atoms with van der Waals surface area (Å²) in [7, 11) is 4.78. The fourth-order valence-electron chi connectivity index (χ4n) is 2.91. The summed E-state index contributed by atoms with van der Waals surface area (Å²) in [6.07, 6.45) is 0.690. The van der Waals surface area contributed by atoms with Crippen molar-refractivity contribution in [1.29, 1.82) is 0 Å². The van der Waals surface area contributed by atoms with E-state index in [1.807, 2.05) is 48.5 Å². The number of carbonyl (C=O) groups excluding carboxylic acids is 2. The standard InChI is InChI=1S/C22H23N3O4/c1-15(21(26)24(2)3)29-22(27)18-14-25(16-10-6-5-7-11-16)23-20(18)17-12-8-9-13-19(17)28-4/h5-15H,1-4H3/t15-/m1/s1. The monoisotopic (exact) mass is 393 g/mol. The van der Waals surface area contributed by atoms with Crippen molar-refractivity contribution in [2.45, 2.75) is 13.0 Å². The highest BCUT2D eigenvalue weighted by Crippen LogP contribution is 2.32. The van der Waals surface area contributed by atoms with Crippen LogP contribution in [0, 0.1) is 0 Å². The van der Waals surface area contributed by atoms with Crippen molar-refractivity contribution in [1.82, 2.24) is 14.7 Å². The Labute approximate surface area is 169 Å². The van der Waals surface area contributed by atoms with Crippen molar-refractivity contribution in [3.8, 4) is 22.7 Å². The van der Waals surface area contributed by atoms with Crippen molar-refractivity contribution in [3.63, 3.8) is 0 Å². The van der Waals surface area contributed by atoms with Crippen LogP contribution < -0.4 is 4.74 Å². The second kappa shape index (κ2) is 8.60. The van der Waals surface area contributed by atoms with E-state index in [4.69, 9.17) is 9.47 Å². The number of likely N-dealkylation sites (N-methyl/N-ethyl adjacent to an activating group) is 1. The number of carbonyl (C=O) groups is 2. The highest BCUT2D eigenvalue weighted by atomic mass is 16.5. The van der Waals surface area contributed by atoms with Gasteiger partial charge in [0, 0.05) is 25.9 Å². The summed E-state index contributed by atoms with van der Waals surface area (Å²) in [6.45, 7) is 1.55. The van der Waals surface area contributed by atoms with Crippen LogP contribution >= 0.6 is 0 Å². The largest absolute Gasteiger partial charge is 0.496 e. The van der Waals surface area contributed by atoms with E-state index >= 15 is 0 Å². The first-order valence-electron chi connectivity index (χ1n) is 9.13. The molecule has 3 rings (SSSR count). The molecule has 0 bridgehead atoms. The lowest BCUT2D eigenvalue weighted by Crippen LogP contribution is -2.34. The average molecular weight is 393 g/mol. The van der Waals surface area contributed by atoms with Gasteiger partial charge in [0.1, 0.15) is 17.0 Å². The van der Waals surface area contributed by atoms with Crippen LogP contribution in [0.4, 0.5) is 0 Å². The number of ether oxygens (including phenoxy) is 2. The third kappa shape index (κ3) is 4.29. The van der Waals surface area contributed by atoms with E-state index in [-0.39, 0.29) is 11.5 Å². The molecular formula is C22H23N3O4. The minimum atomic E-state index is -0.914. The number of benzene rings is 2. The summed E-state index contributed by atoms with van der Waals surface area (Å²) in [4.78, 5) is 26.4. The van der Waals surface area contributed by atoms with Gasteiger partial charge in [0.05, 0.1) is 12.8 Å². The summed E-state index contributed by atoms with van der Waals surface area (Å²) in [5.74, 6) is -0.347. The minimum Gasteiger partial charge on any atom is -0.496 e. The molecule has 29 heavy (non-hydrogen) atoms. The lowest BCUT2D eigenvalue weighted by Gasteiger charge is -2.17. The van der Waals surface area contributed by atoms with E-state index in [9.17, 15) is 9.59 Å². The second-order valence-electron chi connectivity index (χ2n) is 6.65. The highest BCUT2D eigenvalue weighted by molar-refractivity contribution is 5.98. The summed E-state index contributed by atoms with van der Waals surface area (Å²) < 4.78 is 12.5. The van der Waals surface area contributed by atoms with Crippen LogP contribution in [0.1, 0.15) is 17.3 Å². The molecule has 7 heteroatoms. The Morgan fingerprint density at radius 3 is 2.34 bits per heavy atom. The number of hydrogen-bond donors (Lipinski definition) is 0. The Kier molecular flexibility index (Phi) is 5.97. The molecule has 0 N–H and O–H groups in total. The molecule has 0 spiro atoms. The van der Waals surface area contributed by atoms with E-state index in [0.29, 0.717) is 17.0 Å². The van der Waals surface area contributed by atoms with Gasteiger partial charge < -0.3 is 14.4 Å². The summed E-state index contributed by atoms with van der Waals surface area (Å²) >= 11 is 0. The third-order valence-electron chi connectivity index (χ3n) is 4.39. The Hall–Kier alpha value is -3.61. The van der Waals surface area contributed by atoms with E-state index in [2.05, 4.69) is 5.10 Å². The van der Waals surface area contributed by atoms with Crippen molar-refractivity contribution in [2.24, 2.45) is 0 Å². The van der Waals surface area contributed by atoms with Gasteiger partial charge in [0.15, 0.2) is 6.10 Å². The Morgan fingerprint density at radius 2 is 1.69 bits per heavy atom. The summed E-state index contributed by atoms with van der Waals surface area (Å²) in [5.41, 5.74) is 2.11. The molecule has 1 amide bonds. The molecule has 1 atom stereocenters. The molecule has 0 aliphatic rings. The van der Waals surface area contributed by atoms with Crippen LogP contribution in [-0.4, -0.2) is 53.9 Å². The third-order valence-corrected chi connectivity index (χ3v) is 4.39. The van der Waals surface area contributed by atoms with Crippen LogP contribution in [0.2, 0.25) is 0 Å². The van der Waals surface area contributed by atoms with Gasteiger partial charge in [-0.25, -0.2) is 9.48 Å². The maximum absolute atomic E-state index is 12.9. The number of para-hydroxylation sites is 2. The number of rotatable bonds is 6. The van der Waals surface area contributed by atoms with Gasteiger partial charge in [-0.05, 0) is 31.2 Å². The first-order chi connectivity index (χ1) is 13.9. The molecule has 0 aliphatic heterocycles. The van der Waals surface area contributed by atoms with E-state index < -0.39 is 12.1 Å². The molecule has 1 heterocycles. The number of hydrogen-bond acceptors (Lipinski definition) is 5. The van der Waals surface area contributed by atoms with Gasteiger partial charge in [-0.3, -0.25) is 4.79 Å². The van der Waals surface area contributed by atoms with Crippen LogP contribution in [0.25, 0.3) is 16.9 Å². The maximum Gasteiger partial charge on any atom is 0.342 e. The molecule has 0 saturated carbocycles. The molecule has 150 valence electrons. The van der Waals surface area contributed by atoms with Gasteiger partial charge in [-0.15, -0.1) is 0 Å². The smallest absolute Gasteiger partial charge is 0.342 e. The quantitative estimate of drug-likeness (QED) is 0.602. The zero-order valence-corrected chi connectivity index (χ0v) is 16.8. The zero-order valence-electron chi connectivity index (χ0n) is 16.8. The van der Waals surface area contributed by atoms with Crippen LogP contribution in [0.5, 0.6) is 5.75 Å². The van der Waals surface area contributed by atoms with Crippen molar-refractivity contribution in [2.75, 3.05) is 21.2 Å². The Morgan fingerprint density at radius 1 is 1.03 bits per heavy atom. The molecular weight excluding hydrogens is 370 g/mol. The molecule has 0 fully saturated rings. The topological polar surface area (TPSA) is 73.7 Å². The van der Waals surface area contributed by atoms with Gasteiger partial charge in [0.2, 0.25) is 0 Å². The van der Waals surface area contributed by atoms with Crippen LogP contribution in [0.15, 0.2) is 60.8 Å². The van der Waals surface area contributed by atoms with Crippen molar-refractivity contribution in [3.05, 3.63) is 66.4 Å². The van der Waals surface area contributed by atoms with Crippen LogP contribution in [0.3, 0.4) is 0 Å². The number of nitrogens with zero attached hydrogens (tertiary/aromatic N) is 3. The SMILES string of the molecule is COc1ccccc1-c1nn(-c2ccccc2)cc1C(=O)O[C@H](C)C(=O)N(C)C. The summed E-state index contributed by atoms with van der Waals surface area (Å²) in [5, 5.41) is 4.61. The second-order valence-corrected chi connectivity index (χ2v) is 6.65. The van der Waals surface area contributed by atoms with Crippen molar-refractivity contribution < 1.29 is 19.1 Å². The molecule has 1 aromatic heterocycles. The van der Waals surface area contributed by atoms with Gasteiger partial charge in [-0.2, -0.15) is 5.10 Å². The lowest BCUT2D eigenvalue weighted by molar-refractivity contribution is -0.137. The molecule has 7 nitrogen and oxygen atoms in total. The first kappa shape index (κ1) is 20.1. The lowest BCUT2D eigenvalue weighted by atomic mass is 10.1. The molecule has 2 aromatic carbocycles. The molecule has 0 saturated heterocycles. The first-order valence-corrected chi connectivity index (χ1v) is 9.13. The van der Waals surface area contributed by atoms with E-state index in [1.165, 1.54) is 4.90 Å². The molecule has 0 aliphatic carbocycles. The van der Waals surface area contributed by atoms with Gasteiger partial charge >= 0.3 is 5.97 Å². The molecule has 0 radical (unpaired) electrons. The summed E-state index contributed by atoms with van der Waals surface area (Å²) in [6, 6.07) is 16.7. The highest BCUT2D eigenvalue weighted by Gasteiger charge is 2.26. The number of esters is 1. The Bertz CT molecular complexity index is 1010. The normalized spacial score (nSPS) is 11.6. The maximum atomic E-state index is 12.9. The van der Waals surface area contributed by atoms with Gasteiger partial charge in [-0.1, -0.05) is 30.3 Å². The van der Waals surface area contributed by atoms with E-state index in [0.717, 1.165) is 5.69 Å². The average Bonchev–Trinajstić information content (AvgIpc) is 3.19. The molecule has 0 unspecified atom stereocenters. The predicted octanol–water partition coefficient (Wildman–Crippen LogP) is 3.18. The number of aromatic nitrogens is 2. The Balaban J connectivity index is 2.06.